The molecule has 0 amide bonds. The van der Waals surface area contributed by atoms with Crippen LogP contribution in [0.4, 0.5) is 0 Å². The van der Waals surface area contributed by atoms with Gasteiger partial charge in [0.25, 0.3) is 0 Å². The Morgan fingerprint density at radius 2 is 1.21 bits per heavy atom. The molecule has 0 radical (unpaired) electrons. The quantitative estimate of drug-likeness (QED) is 0.555. The van der Waals surface area contributed by atoms with E-state index in [1.807, 2.05) is 13.8 Å². The molecule has 1 aromatic rings. The molecule has 0 heterocycles. The van der Waals surface area contributed by atoms with E-state index in [0.29, 0.717) is 0 Å². The van der Waals surface area contributed by atoms with E-state index >= 15 is 0 Å². The molecule has 1 rings (SSSR count). The highest BCUT2D eigenvalue weighted by Gasteiger charge is 2.21. The fourth-order valence-corrected chi connectivity index (χ4v) is 2.43. The van der Waals surface area contributed by atoms with Crippen molar-refractivity contribution in [2.45, 2.75) is 78.4 Å². The zero-order chi connectivity index (χ0) is 17.9. The Morgan fingerprint density at radius 1 is 0.833 bits per heavy atom. The highest BCUT2D eigenvalue weighted by Crippen LogP contribution is 2.16. The van der Waals surface area contributed by atoms with Crippen molar-refractivity contribution >= 4 is 11.9 Å². The molecule has 0 unspecified atom stereocenters. The molecule has 2 atom stereocenters. The summed E-state index contributed by atoms with van der Waals surface area (Å²) in [7, 11) is 0. The first kappa shape index (κ1) is 20.2. The molecular formula is C20H30O4. The summed E-state index contributed by atoms with van der Waals surface area (Å²) in [6.45, 7) is 7.95. The second-order valence-electron chi connectivity index (χ2n) is 6.26. The first-order chi connectivity index (χ1) is 11.5. The molecular weight excluding hydrogens is 304 g/mol. The van der Waals surface area contributed by atoms with Crippen molar-refractivity contribution in [1.29, 1.82) is 0 Å². The summed E-state index contributed by atoms with van der Waals surface area (Å²) >= 11 is 0. The Kier molecular flexibility index (Phi) is 9.13. The third-order valence-corrected chi connectivity index (χ3v) is 3.91. The number of ether oxygens (including phenoxy) is 2. The molecule has 0 saturated carbocycles. The maximum Gasteiger partial charge on any atom is 0.339 e. The van der Waals surface area contributed by atoms with E-state index < -0.39 is 11.9 Å². The van der Waals surface area contributed by atoms with Gasteiger partial charge in [0.15, 0.2) is 0 Å². The van der Waals surface area contributed by atoms with Crippen LogP contribution in [0, 0.1) is 0 Å². The van der Waals surface area contributed by atoms with E-state index in [-0.39, 0.29) is 23.3 Å². The summed E-state index contributed by atoms with van der Waals surface area (Å²) < 4.78 is 10.9. The van der Waals surface area contributed by atoms with Gasteiger partial charge in [0.05, 0.1) is 23.3 Å². The minimum atomic E-state index is -0.465. The van der Waals surface area contributed by atoms with Gasteiger partial charge in [0, 0.05) is 0 Å². The van der Waals surface area contributed by atoms with Gasteiger partial charge in [-0.3, -0.25) is 0 Å². The molecule has 0 aliphatic rings. The molecule has 0 aromatic heterocycles. The number of hydrogen-bond acceptors (Lipinski definition) is 4. The summed E-state index contributed by atoms with van der Waals surface area (Å²) in [5.74, 6) is -0.931. The SMILES string of the molecule is CCCC[C@@H](C)OC(=O)c1ccccc1C(=O)O[C@H](C)CCCC. The van der Waals surface area contributed by atoms with Gasteiger partial charge in [-0.15, -0.1) is 0 Å². The topological polar surface area (TPSA) is 52.6 Å². The van der Waals surface area contributed by atoms with E-state index in [2.05, 4.69) is 13.8 Å². The highest BCUT2D eigenvalue weighted by molar-refractivity contribution is 6.03. The van der Waals surface area contributed by atoms with E-state index in [0.717, 1.165) is 38.5 Å². The van der Waals surface area contributed by atoms with Crippen molar-refractivity contribution in [3.05, 3.63) is 35.4 Å². The number of unbranched alkanes of at least 4 members (excludes halogenated alkanes) is 2. The Bertz CT molecular complexity index is 477. The maximum atomic E-state index is 12.4. The number of carbonyl (C=O) groups excluding carboxylic acids is 2. The standard InChI is InChI=1S/C20H30O4/c1-5-7-11-15(3)23-19(21)17-13-9-10-14-18(17)20(22)24-16(4)12-8-6-2/h9-10,13-16H,5-8,11-12H2,1-4H3/t15-,16-/m1/s1. The number of rotatable bonds is 10. The normalized spacial score (nSPS) is 13.2. The Balaban J connectivity index is 2.76. The van der Waals surface area contributed by atoms with E-state index in [4.69, 9.17) is 9.47 Å². The molecule has 0 aliphatic heterocycles. The van der Waals surface area contributed by atoms with Crippen molar-refractivity contribution in [3.63, 3.8) is 0 Å². The maximum absolute atomic E-state index is 12.4. The van der Waals surface area contributed by atoms with Crippen LogP contribution in [-0.2, 0) is 9.47 Å². The third-order valence-electron chi connectivity index (χ3n) is 3.91. The summed E-state index contributed by atoms with van der Waals surface area (Å²) in [5, 5.41) is 0. The second kappa shape index (κ2) is 10.8. The lowest BCUT2D eigenvalue weighted by Crippen LogP contribution is -2.20. The molecule has 0 bridgehead atoms. The van der Waals surface area contributed by atoms with Gasteiger partial charge < -0.3 is 9.47 Å². The van der Waals surface area contributed by atoms with Crippen molar-refractivity contribution in [2.24, 2.45) is 0 Å². The largest absolute Gasteiger partial charge is 0.459 e. The minimum absolute atomic E-state index is 0.162. The number of benzene rings is 1. The fraction of sp³-hybridized carbons (Fsp3) is 0.600. The minimum Gasteiger partial charge on any atom is -0.459 e. The average molecular weight is 334 g/mol. The molecule has 0 aliphatic carbocycles. The zero-order valence-corrected chi connectivity index (χ0v) is 15.3. The van der Waals surface area contributed by atoms with Crippen LogP contribution in [0.3, 0.4) is 0 Å². The van der Waals surface area contributed by atoms with Crippen molar-refractivity contribution < 1.29 is 19.1 Å². The van der Waals surface area contributed by atoms with Gasteiger partial charge in [-0.1, -0.05) is 51.7 Å². The Labute approximate surface area is 145 Å². The first-order valence-corrected chi connectivity index (χ1v) is 9.00. The van der Waals surface area contributed by atoms with E-state index in [9.17, 15) is 9.59 Å². The molecule has 1 aromatic carbocycles. The number of hydrogen-bond donors (Lipinski definition) is 0. The Morgan fingerprint density at radius 3 is 1.54 bits per heavy atom. The van der Waals surface area contributed by atoms with Gasteiger partial charge in [0.1, 0.15) is 0 Å². The van der Waals surface area contributed by atoms with Crippen LogP contribution < -0.4 is 0 Å². The molecule has 0 spiro atoms. The molecule has 134 valence electrons. The lowest BCUT2D eigenvalue weighted by atomic mass is 10.1. The predicted molar refractivity (Wildman–Crippen MR) is 95.2 cm³/mol. The fourth-order valence-electron chi connectivity index (χ4n) is 2.43. The monoisotopic (exact) mass is 334 g/mol. The van der Waals surface area contributed by atoms with Crippen LogP contribution in [-0.4, -0.2) is 24.1 Å². The summed E-state index contributed by atoms with van der Waals surface area (Å²) in [6.07, 6.45) is 5.45. The van der Waals surface area contributed by atoms with Gasteiger partial charge in [-0.05, 0) is 38.8 Å². The molecule has 4 heteroatoms. The van der Waals surface area contributed by atoms with Gasteiger partial charge in [-0.2, -0.15) is 0 Å². The van der Waals surface area contributed by atoms with Crippen LogP contribution in [0.15, 0.2) is 24.3 Å². The zero-order valence-electron chi connectivity index (χ0n) is 15.3. The van der Waals surface area contributed by atoms with Crippen molar-refractivity contribution in [1.82, 2.24) is 0 Å². The molecule has 0 N–H and O–H groups in total. The first-order valence-electron chi connectivity index (χ1n) is 9.00. The number of carbonyl (C=O) groups is 2. The van der Waals surface area contributed by atoms with E-state index in [1.165, 1.54) is 0 Å². The molecule has 24 heavy (non-hydrogen) atoms. The predicted octanol–water partition coefficient (Wildman–Crippen LogP) is 5.16. The highest BCUT2D eigenvalue weighted by atomic mass is 16.5. The third kappa shape index (κ3) is 6.73. The summed E-state index contributed by atoms with van der Waals surface area (Å²) in [5.41, 5.74) is 0.544. The molecule has 0 fully saturated rings. The second-order valence-corrected chi connectivity index (χ2v) is 6.26. The lowest BCUT2D eigenvalue weighted by Gasteiger charge is -2.16. The Hall–Kier alpha value is -1.84. The van der Waals surface area contributed by atoms with Crippen LogP contribution in [0.5, 0.6) is 0 Å². The molecule has 0 saturated heterocycles. The van der Waals surface area contributed by atoms with Crippen LogP contribution >= 0.6 is 0 Å². The van der Waals surface area contributed by atoms with Gasteiger partial charge >= 0.3 is 11.9 Å². The van der Waals surface area contributed by atoms with Gasteiger partial charge in [-0.25, -0.2) is 9.59 Å². The van der Waals surface area contributed by atoms with Crippen molar-refractivity contribution in [3.8, 4) is 0 Å². The lowest BCUT2D eigenvalue weighted by molar-refractivity contribution is 0.0271. The summed E-state index contributed by atoms with van der Waals surface area (Å²) in [4.78, 5) is 24.7. The van der Waals surface area contributed by atoms with Crippen LogP contribution in [0.25, 0.3) is 0 Å². The van der Waals surface area contributed by atoms with Crippen molar-refractivity contribution in [2.75, 3.05) is 0 Å². The van der Waals surface area contributed by atoms with Crippen LogP contribution in [0.2, 0.25) is 0 Å². The number of esters is 2. The summed E-state index contributed by atoms with van der Waals surface area (Å²) in [6, 6.07) is 6.68. The van der Waals surface area contributed by atoms with E-state index in [1.54, 1.807) is 24.3 Å². The molecule has 4 nitrogen and oxygen atoms in total. The van der Waals surface area contributed by atoms with Gasteiger partial charge in [0.2, 0.25) is 0 Å². The average Bonchev–Trinajstić information content (AvgIpc) is 2.57. The van der Waals surface area contributed by atoms with Crippen LogP contribution in [0.1, 0.15) is 86.9 Å². The smallest absolute Gasteiger partial charge is 0.339 e.